The quantitative estimate of drug-likeness (QED) is 0.522. The third-order valence-electron chi connectivity index (χ3n) is 4.42. The van der Waals surface area contributed by atoms with Crippen LogP contribution in [0.3, 0.4) is 0 Å². The Bertz CT molecular complexity index is 1020. The van der Waals surface area contributed by atoms with Gasteiger partial charge in [-0.2, -0.15) is 0 Å². The van der Waals surface area contributed by atoms with Crippen LogP contribution in [0, 0.1) is 6.92 Å². The molecule has 0 aliphatic carbocycles. The van der Waals surface area contributed by atoms with Crippen LogP contribution in [0.2, 0.25) is 0 Å². The van der Waals surface area contributed by atoms with E-state index in [0.29, 0.717) is 0 Å². The Kier molecular flexibility index (Phi) is 3.54. The second-order valence-electron chi connectivity index (χ2n) is 5.99. The average Bonchev–Trinajstić information content (AvgIpc) is 2.63. The van der Waals surface area contributed by atoms with Gasteiger partial charge in [0.25, 0.3) is 0 Å². The summed E-state index contributed by atoms with van der Waals surface area (Å²) in [6.45, 7) is 2.16. The van der Waals surface area contributed by atoms with E-state index in [1.165, 1.54) is 27.6 Å². The monoisotopic (exact) mass is 312 g/mol. The third kappa shape index (κ3) is 2.44. The van der Waals surface area contributed by atoms with E-state index < -0.39 is 0 Å². The van der Waals surface area contributed by atoms with Crippen LogP contribution in [0.15, 0.2) is 73.3 Å². The summed E-state index contributed by atoms with van der Waals surface area (Å²) in [5.74, 6) is 0. The number of rotatable bonds is 2. The molecule has 116 valence electrons. The second-order valence-corrected chi connectivity index (χ2v) is 5.99. The second kappa shape index (κ2) is 5.85. The zero-order valence-electron chi connectivity index (χ0n) is 13.8. The molecule has 0 aliphatic rings. The molecule has 0 atom stereocenters. The number of aryl methyl sites for hydroxylation is 2. The van der Waals surface area contributed by atoms with Gasteiger partial charge in [0, 0.05) is 23.4 Å². The molecule has 0 bridgehead atoms. The van der Waals surface area contributed by atoms with E-state index in [9.17, 15) is 0 Å². The summed E-state index contributed by atoms with van der Waals surface area (Å²) in [7, 11) is 2.10. The number of hydrogen-bond donors (Lipinski definition) is 0. The van der Waals surface area contributed by atoms with E-state index in [4.69, 9.17) is 0 Å². The van der Waals surface area contributed by atoms with Crippen molar-refractivity contribution in [1.29, 1.82) is 0 Å². The lowest BCUT2D eigenvalue weighted by atomic mass is 9.97. The molecular formula is C21H18N3+. The van der Waals surface area contributed by atoms with Gasteiger partial charge >= 0.3 is 0 Å². The van der Waals surface area contributed by atoms with E-state index in [-0.39, 0.29) is 0 Å². The first-order valence-electron chi connectivity index (χ1n) is 7.99. The Hall–Kier alpha value is -3.07. The van der Waals surface area contributed by atoms with Crippen molar-refractivity contribution < 1.29 is 4.57 Å². The van der Waals surface area contributed by atoms with Gasteiger partial charge in [0.05, 0.1) is 11.1 Å². The molecule has 0 radical (unpaired) electrons. The van der Waals surface area contributed by atoms with E-state index in [0.717, 1.165) is 11.3 Å². The number of benzene rings is 2. The Morgan fingerprint density at radius 1 is 0.958 bits per heavy atom. The van der Waals surface area contributed by atoms with Gasteiger partial charge in [-0.25, -0.2) is 14.5 Å². The van der Waals surface area contributed by atoms with Crippen molar-refractivity contribution in [3.63, 3.8) is 0 Å². The summed E-state index contributed by atoms with van der Waals surface area (Å²) < 4.78 is 2.19. The van der Waals surface area contributed by atoms with Crippen LogP contribution in [0.1, 0.15) is 5.56 Å². The minimum Gasteiger partial charge on any atom is -0.245 e. The number of aromatic nitrogens is 3. The van der Waals surface area contributed by atoms with Gasteiger partial charge in [-0.1, -0.05) is 30.3 Å². The van der Waals surface area contributed by atoms with Crippen molar-refractivity contribution >= 4 is 10.8 Å². The van der Waals surface area contributed by atoms with Crippen LogP contribution < -0.4 is 4.57 Å². The minimum absolute atomic E-state index is 0.939. The molecule has 4 rings (SSSR count). The fourth-order valence-corrected chi connectivity index (χ4v) is 3.16. The fourth-order valence-electron chi connectivity index (χ4n) is 3.16. The van der Waals surface area contributed by atoms with Gasteiger partial charge in [0.15, 0.2) is 6.20 Å². The SMILES string of the molecule is Cc1ccccc1-c1c2cc(-c3ccncn3)ccc2cc[n+]1C. The molecule has 2 aromatic heterocycles. The summed E-state index contributed by atoms with van der Waals surface area (Å²) in [4.78, 5) is 8.39. The Morgan fingerprint density at radius 2 is 1.83 bits per heavy atom. The molecule has 0 amide bonds. The van der Waals surface area contributed by atoms with Gasteiger partial charge in [-0.3, -0.25) is 0 Å². The lowest BCUT2D eigenvalue weighted by Gasteiger charge is -2.09. The van der Waals surface area contributed by atoms with E-state index in [2.05, 4.69) is 83.2 Å². The van der Waals surface area contributed by atoms with Crippen LogP contribution in [-0.4, -0.2) is 9.97 Å². The summed E-state index contributed by atoms with van der Waals surface area (Å²) in [6, 6.07) is 19.1. The minimum atomic E-state index is 0.939. The van der Waals surface area contributed by atoms with E-state index in [1.54, 1.807) is 12.5 Å². The zero-order chi connectivity index (χ0) is 16.5. The maximum atomic E-state index is 4.38. The van der Waals surface area contributed by atoms with Gasteiger partial charge < -0.3 is 0 Å². The number of hydrogen-bond acceptors (Lipinski definition) is 2. The van der Waals surface area contributed by atoms with Gasteiger partial charge in [-0.15, -0.1) is 0 Å². The lowest BCUT2D eigenvalue weighted by Crippen LogP contribution is -2.30. The zero-order valence-corrected chi connectivity index (χ0v) is 13.8. The molecule has 3 heteroatoms. The highest BCUT2D eigenvalue weighted by Crippen LogP contribution is 2.30. The highest BCUT2D eigenvalue weighted by atomic mass is 14.9. The lowest BCUT2D eigenvalue weighted by molar-refractivity contribution is -0.659. The first-order valence-corrected chi connectivity index (χ1v) is 7.99. The molecule has 0 spiro atoms. The Labute approximate surface area is 141 Å². The third-order valence-corrected chi connectivity index (χ3v) is 4.42. The molecular weight excluding hydrogens is 294 g/mol. The summed E-state index contributed by atoms with van der Waals surface area (Å²) >= 11 is 0. The Balaban J connectivity index is 2.02. The standard InChI is InChI=1S/C21H18N3/c1-15-5-3-4-6-18(15)21-19-13-17(20-9-11-22-14-23-20)8-7-16(19)10-12-24(21)2/h3-14H,1-2H3/q+1. The molecule has 4 aromatic rings. The molecule has 2 aromatic carbocycles. The molecule has 0 fully saturated rings. The van der Waals surface area contributed by atoms with E-state index in [1.807, 2.05) is 6.07 Å². The maximum absolute atomic E-state index is 4.38. The van der Waals surface area contributed by atoms with Gasteiger partial charge in [0.1, 0.15) is 13.4 Å². The number of pyridine rings is 1. The fraction of sp³-hybridized carbons (Fsp3) is 0.0952. The molecule has 0 aliphatic heterocycles. The molecule has 0 saturated carbocycles. The summed E-state index contributed by atoms with van der Waals surface area (Å²) in [5, 5.41) is 2.45. The number of fused-ring (bicyclic) bond motifs is 1. The van der Waals surface area contributed by atoms with Crippen LogP contribution >= 0.6 is 0 Å². The van der Waals surface area contributed by atoms with Crippen LogP contribution in [0.25, 0.3) is 33.3 Å². The Morgan fingerprint density at radius 3 is 2.62 bits per heavy atom. The van der Waals surface area contributed by atoms with Crippen molar-refractivity contribution in [2.75, 3.05) is 0 Å². The van der Waals surface area contributed by atoms with Crippen LogP contribution in [0.4, 0.5) is 0 Å². The van der Waals surface area contributed by atoms with Crippen LogP contribution in [0.5, 0.6) is 0 Å². The van der Waals surface area contributed by atoms with Crippen molar-refractivity contribution in [1.82, 2.24) is 9.97 Å². The maximum Gasteiger partial charge on any atom is 0.220 e. The highest BCUT2D eigenvalue weighted by Gasteiger charge is 2.17. The molecule has 2 heterocycles. The molecule has 24 heavy (non-hydrogen) atoms. The predicted octanol–water partition coefficient (Wildman–Crippen LogP) is 4.10. The highest BCUT2D eigenvalue weighted by molar-refractivity contribution is 5.96. The van der Waals surface area contributed by atoms with Gasteiger partial charge in [0.2, 0.25) is 5.69 Å². The van der Waals surface area contributed by atoms with Crippen molar-refractivity contribution in [2.24, 2.45) is 7.05 Å². The first-order chi connectivity index (χ1) is 11.7. The van der Waals surface area contributed by atoms with Crippen molar-refractivity contribution in [3.05, 3.63) is 78.9 Å². The van der Waals surface area contributed by atoms with Crippen molar-refractivity contribution in [2.45, 2.75) is 6.92 Å². The van der Waals surface area contributed by atoms with Crippen LogP contribution in [-0.2, 0) is 7.05 Å². The first kappa shape index (κ1) is 14.5. The summed E-state index contributed by atoms with van der Waals surface area (Å²) in [5.41, 5.74) is 5.79. The largest absolute Gasteiger partial charge is 0.245 e. The van der Waals surface area contributed by atoms with Gasteiger partial charge in [-0.05, 0) is 36.1 Å². The topological polar surface area (TPSA) is 29.7 Å². The average molecular weight is 312 g/mol. The number of nitrogens with zero attached hydrogens (tertiary/aromatic N) is 3. The summed E-state index contributed by atoms with van der Waals surface area (Å²) in [6.07, 6.45) is 5.49. The molecule has 0 N–H and O–H groups in total. The predicted molar refractivity (Wildman–Crippen MR) is 96.3 cm³/mol. The smallest absolute Gasteiger partial charge is 0.220 e. The molecule has 0 saturated heterocycles. The molecule has 0 unspecified atom stereocenters. The molecule has 3 nitrogen and oxygen atoms in total. The van der Waals surface area contributed by atoms with E-state index >= 15 is 0 Å². The van der Waals surface area contributed by atoms with Crippen molar-refractivity contribution in [3.8, 4) is 22.5 Å². The normalized spacial score (nSPS) is 10.9.